The molecule has 1 atom stereocenters. The first-order valence-corrected chi connectivity index (χ1v) is 8.23. The van der Waals surface area contributed by atoms with E-state index in [-0.39, 0.29) is 11.5 Å². The number of nitriles is 1. The lowest BCUT2D eigenvalue weighted by atomic mass is 10.0. The van der Waals surface area contributed by atoms with Gasteiger partial charge in [0.1, 0.15) is 16.5 Å². The predicted octanol–water partition coefficient (Wildman–Crippen LogP) is 3.17. The quantitative estimate of drug-likeness (QED) is 0.564. The van der Waals surface area contributed by atoms with Crippen LogP contribution in [0.4, 0.5) is 5.82 Å². The molecule has 2 aromatic heterocycles. The third-order valence-electron chi connectivity index (χ3n) is 3.35. The first kappa shape index (κ1) is 16.5. The van der Waals surface area contributed by atoms with Crippen LogP contribution in [0.5, 0.6) is 0 Å². The van der Waals surface area contributed by atoms with Gasteiger partial charge in [0, 0.05) is 17.1 Å². The number of anilines is 1. The van der Waals surface area contributed by atoms with Crippen LogP contribution in [0, 0.1) is 17.2 Å². The number of nitrogens with one attached hydrogen (secondary N) is 1. The van der Waals surface area contributed by atoms with Crippen molar-refractivity contribution in [2.24, 2.45) is 5.92 Å². The lowest BCUT2D eigenvalue weighted by Crippen LogP contribution is -2.29. The first-order valence-electron chi connectivity index (χ1n) is 7.35. The summed E-state index contributed by atoms with van der Waals surface area (Å²) in [4.78, 5) is 32.9. The smallest absolute Gasteiger partial charge is 0.250 e. The molecule has 0 aliphatic rings. The van der Waals surface area contributed by atoms with E-state index in [1.807, 2.05) is 30.3 Å². The van der Waals surface area contributed by atoms with Crippen molar-refractivity contribution in [3.05, 3.63) is 65.8 Å². The maximum atomic E-state index is 12.5. The van der Waals surface area contributed by atoms with Crippen LogP contribution in [0.1, 0.15) is 10.5 Å². The van der Waals surface area contributed by atoms with Crippen LogP contribution < -0.4 is 5.32 Å². The maximum absolute atomic E-state index is 12.5. The van der Waals surface area contributed by atoms with Crippen molar-refractivity contribution in [2.45, 2.75) is 0 Å². The number of nitrogens with zero attached hydrogens (tertiary/aromatic N) is 3. The van der Waals surface area contributed by atoms with Gasteiger partial charge < -0.3 is 5.32 Å². The minimum atomic E-state index is -1.48. The molecule has 0 bridgehead atoms. The Hall–Kier alpha value is -3.37. The number of benzene rings is 1. The number of thiazole rings is 1. The average molecular weight is 348 g/mol. The van der Waals surface area contributed by atoms with Crippen LogP contribution in [0.25, 0.3) is 10.6 Å². The van der Waals surface area contributed by atoms with Gasteiger partial charge in [-0.05, 0) is 12.1 Å². The molecule has 3 aromatic rings. The number of rotatable bonds is 5. The lowest BCUT2D eigenvalue weighted by molar-refractivity contribution is -0.117. The van der Waals surface area contributed by atoms with E-state index in [9.17, 15) is 14.9 Å². The highest BCUT2D eigenvalue weighted by molar-refractivity contribution is 7.13. The van der Waals surface area contributed by atoms with E-state index in [0.29, 0.717) is 5.01 Å². The molecule has 0 radical (unpaired) electrons. The lowest BCUT2D eigenvalue weighted by Gasteiger charge is -2.07. The van der Waals surface area contributed by atoms with E-state index < -0.39 is 17.6 Å². The summed E-state index contributed by atoms with van der Waals surface area (Å²) in [5.41, 5.74) is 0.976. The van der Waals surface area contributed by atoms with Crippen LogP contribution in [-0.2, 0) is 4.79 Å². The second-order valence-corrected chi connectivity index (χ2v) is 5.89. The summed E-state index contributed by atoms with van der Waals surface area (Å²) in [6.45, 7) is 0. The van der Waals surface area contributed by atoms with Crippen molar-refractivity contribution < 1.29 is 9.59 Å². The second-order valence-electron chi connectivity index (χ2n) is 5.03. The third-order valence-corrected chi connectivity index (χ3v) is 4.24. The van der Waals surface area contributed by atoms with Crippen LogP contribution in [0.15, 0.2) is 60.1 Å². The Morgan fingerprint density at radius 1 is 1.12 bits per heavy atom. The molecule has 0 spiro atoms. The number of ketones is 1. The normalized spacial score (nSPS) is 11.3. The summed E-state index contributed by atoms with van der Waals surface area (Å²) in [5, 5.41) is 13.9. The number of aromatic nitrogens is 2. The Kier molecular flexibility index (Phi) is 4.92. The van der Waals surface area contributed by atoms with Crippen LogP contribution in [0.3, 0.4) is 0 Å². The molecule has 0 aliphatic heterocycles. The summed E-state index contributed by atoms with van der Waals surface area (Å²) >= 11 is 1.29. The van der Waals surface area contributed by atoms with Gasteiger partial charge in [-0.1, -0.05) is 36.4 Å². The zero-order valence-corrected chi connectivity index (χ0v) is 13.7. The number of carbonyl (C=O) groups excluding carboxylic acids is 2. The molecule has 0 saturated carbocycles. The molecule has 0 unspecified atom stereocenters. The number of carbonyl (C=O) groups is 2. The Balaban J connectivity index is 1.78. The molecule has 2 heterocycles. The largest absolute Gasteiger partial charge is 0.309 e. The zero-order valence-electron chi connectivity index (χ0n) is 12.9. The topological polar surface area (TPSA) is 95.7 Å². The van der Waals surface area contributed by atoms with Gasteiger partial charge in [0.05, 0.1) is 6.07 Å². The van der Waals surface area contributed by atoms with Gasteiger partial charge in [-0.25, -0.2) is 9.97 Å². The minimum absolute atomic E-state index is 0.103. The van der Waals surface area contributed by atoms with Gasteiger partial charge in [-0.2, -0.15) is 5.26 Å². The minimum Gasteiger partial charge on any atom is -0.309 e. The Morgan fingerprint density at radius 2 is 1.88 bits per heavy atom. The number of hydrogen-bond donors (Lipinski definition) is 1. The zero-order chi connectivity index (χ0) is 17.6. The van der Waals surface area contributed by atoms with Gasteiger partial charge in [0.25, 0.3) is 5.91 Å². The highest BCUT2D eigenvalue weighted by Gasteiger charge is 2.29. The molecule has 0 fully saturated rings. The molecule has 3 rings (SSSR count). The molecule has 1 aromatic carbocycles. The Morgan fingerprint density at radius 3 is 2.56 bits per heavy atom. The van der Waals surface area contributed by atoms with Crippen LogP contribution in [-0.4, -0.2) is 21.7 Å². The molecule has 7 heteroatoms. The maximum Gasteiger partial charge on any atom is 0.250 e. The molecule has 0 saturated heterocycles. The SMILES string of the molecule is N#C[C@@H](C(=O)Nc1ccccn1)C(=O)c1csc(-c2ccccc2)n1. The van der Waals surface area contributed by atoms with Crippen molar-refractivity contribution in [2.75, 3.05) is 5.32 Å². The van der Waals surface area contributed by atoms with Crippen LogP contribution in [0.2, 0.25) is 0 Å². The van der Waals surface area contributed by atoms with Crippen molar-refractivity contribution >= 4 is 28.8 Å². The molecular weight excluding hydrogens is 336 g/mol. The van der Waals surface area contributed by atoms with Crippen molar-refractivity contribution in [3.63, 3.8) is 0 Å². The highest BCUT2D eigenvalue weighted by Crippen LogP contribution is 2.24. The number of hydrogen-bond acceptors (Lipinski definition) is 6. The standard InChI is InChI=1S/C18H12N4O2S/c19-10-13(17(24)22-15-8-4-5-9-20-15)16(23)14-11-25-18(21-14)12-6-2-1-3-7-12/h1-9,11,13H,(H,20,22,24)/t13-/m1/s1. The van der Waals surface area contributed by atoms with Gasteiger partial charge in [0.15, 0.2) is 5.92 Å². The second kappa shape index (κ2) is 7.47. The Labute approximate surface area is 147 Å². The summed E-state index contributed by atoms with van der Waals surface area (Å²) in [6, 6.07) is 16.1. The Bertz CT molecular complexity index is 932. The molecule has 122 valence electrons. The molecular formula is C18H12N4O2S. The average Bonchev–Trinajstić information content (AvgIpc) is 3.14. The predicted molar refractivity (Wildman–Crippen MR) is 93.9 cm³/mol. The van der Waals surface area contributed by atoms with E-state index in [1.165, 1.54) is 17.5 Å². The van der Waals surface area contributed by atoms with Crippen molar-refractivity contribution in [1.29, 1.82) is 5.26 Å². The van der Waals surface area contributed by atoms with Crippen molar-refractivity contribution in [1.82, 2.24) is 9.97 Å². The van der Waals surface area contributed by atoms with Gasteiger partial charge in [-0.15, -0.1) is 11.3 Å². The fraction of sp³-hybridized carbons (Fsp3) is 0.0556. The molecule has 6 nitrogen and oxygen atoms in total. The summed E-state index contributed by atoms with van der Waals surface area (Å²) in [7, 11) is 0. The third kappa shape index (κ3) is 3.76. The van der Waals surface area contributed by atoms with Crippen LogP contribution >= 0.6 is 11.3 Å². The van der Waals surface area contributed by atoms with E-state index in [2.05, 4.69) is 15.3 Å². The first-order chi connectivity index (χ1) is 12.2. The molecule has 1 amide bonds. The van der Waals surface area contributed by atoms with E-state index in [1.54, 1.807) is 29.6 Å². The van der Waals surface area contributed by atoms with Gasteiger partial charge in [0.2, 0.25) is 5.78 Å². The fourth-order valence-corrected chi connectivity index (χ4v) is 2.93. The molecule has 0 aliphatic carbocycles. The van der Waals surface area contributed by atoms with E-state index in [0.717, 1.165) is 5.56 Å². The monoisotopic (exact) mass is 348 g/mol. The number of amides is 1. The summed E-state index contributed by atoms with van der Waals surface area (Å²) in [5.74, 6) is -2.55. The number of Topliss-reactive ketones (excluding diaryl/α,β-unsaturated/α-hetero) is 1. The highest BCUT2D eigenvalue weighted by atomic mass is 32.1. The number of pyridine rings is 1. The molecule has 25 heavy (non-hydrogen) atoms. The summed E-state index contributed by atoms with van der Waals surface area (Å²) < 4.78 is 0. The van der Waals surface area contributed by atoms with E-state index in [4.69, 9.17) is 0 Å². The summed E-state index contributed by atoms with van der Waals surface area (Å²) in [6.07, 6.45) is 1.51. The molecule has 1 N–H and O–H groups in total. The van der Waals surface area contributed by atoms with Gasteiger partial charge in [-0.3, -0.25) is 9.59 Å². The fourth-order valence-electron chi connectivity index (χ4n) is 2.12. The van der Waals surface area contributed by atoms with Gasteiger partial charge >= 0.3 is 0 Å². The van der Waals surface area contributed by atoms with Crippen molar-refractivity contribution in [3.8, 4) is 16.6 Å². The van der Waals surface area contributed by atoms with E-state index >= 15 is 0 Å².